The highest BCUT2D eigenvalue weighted by atomic mass is 16.6. The first-order valence-electron chi connectivity index (χ1n) is 10.6. The predicted octanol–water partition coefficient (Wildman–Crippen LogP) is 4.91. The van der Waals surface area contributed by atoms with Crippen LogP contribution in [0.3, 0.4) is 0 Å². The summed E-state index contributed by atoms with van der Waals surface area (Å²) in [6, 6.07) is 18.4. The lowest BCUT2D eigenvalue weighted by atomic mass is 9.94. The van der Waals surface area contributed by atoms with E-state index in [9.17, 15) is 9.90 Å². The lowest BCUT2D eigenvalue weighted by Gasteiger charge is -2.30. The summed E-state index contributed by atoms with van der Waals surface area (Å²) in [5.74, 6) is 0.851. The van der Waals surface area contributed by atoms with Gasteiger partial charge < -0.3 is 19.9 Å². The number of hydrogen-bond donors (Lipinski definition) is 2. The van der Waals surface area contributed by atoms with Crippen molar-refractivity contribution in [1.82, 2.24) is 5.32 Å². The molecule has 0 aliphatic carbocycles. The van der Waals surface area contributed by atoms with E-state index < -0.39 is 17.2 Å². The summed E-state index contributed by atoms with van der Waals surface area (Å²) >= 11 is 0. The molecule has 0 aliphatic heterocycles. The number of carbonyl (C=O) groups is 1. The Labute approximate surface area is 180 Å². The molecule has 0 saturated heterocycles. The van der Waals surface area contributed by atoms with Gasteiger partial charge in [0.25, 0.3) is 0 Å². The van der Waals surface area contributed by atoms with Gasteiger partial charge in [-0.2, -0.15) is 0 Å². The molecule has 0 saturated carbocycles. The van der Waals surface area contributed by atoms with Gasteiger partial charge in [-0.05, 0) is 76.6 Å². The van der Waals surface area contributed by atoms with E-state index in [4.69, 9.17) is 9.47 Å². The van der Waals surface area contributed by atoms with E-state index in [0.717, 1.165) is 30.6 Å². The fraction of sp³-hybridized carbons (Fsp3) is 0.480. The molecule has 1 amide bonds. The van der Waals surface area contributed by atoms with Crippen LogP contribution >= 0.6 is 0 Å². The number of amides is 1. The third kappa shape index (κ3) is 8.87. The number of aliphatic hydroxyl groups excluding tert-OH is 1. The average molecular weight is 414 g/mol. The van der Waals surface area contributed by atoms with Crippen LogP contribution in [0.5, 0.6) is 5.75 Å². The first-order chi connectivity index (χ1) is 14.2. The predicted molar refractivity (Wildman–Crippen MR) is 120 cm³/mol. The highest BCUT2D eigenvalue weighted by Gasteiger charge is 2.28. The lowest BCUT2D eigenvalue weighted by Crippen LogP contribution is -2.50. The van der Waals surface area contributed by atoms with Crippen molar-refractivity contribution >= 4 is 6.09 Å². The smallest absolute Gasteiger partial charge is 0.408 e. The summed E-state index contributed by atoms with van der Waals surface area (Å²) in [4.78, 5) is 12.0. The van der Waals surface area contributed by atoms with E-state index in [0.29, 0.717) is 13.0 Å². The van der Waals surface area contributed by atoms with E-state index in [1.807, 2.05) is 58.0 Å². The standard InChI is InChI=1S/C25H35NO4/c1-24(2,3)30-23(28)26-25(4,19-27)17-16-21-12-14-22(15-13-21)29-18-8-11-20-9-6-5-7-10-20/h5-7,9-10,12-15,27H,8,11,16-19H2,1-4H3,(H,26,28). The Bertz CT molecular complexity index is 768. The van der Waals surface area contributed by atoms with Crippen LogP contribution in [0.2, 0.25) is 0 Å². The first-order valence-corrected chi connectivity index (χ1v) is 10.6. The number of benzene rings is 2. The fourth-order valence-corrected chi connectivity index (χ4v) is 3.01. The molecular formula is C25H35NO4. The Balaban J connectivity index is 1.76. The molecule has 2 N–H and O–H groups in total. The van der Waals surface area contributed by atoms with E-state index >= 15 is 0 Å². The molecule has 0 aliphatic rings. The molecule has 164 valence electrons. The molecular weight excluding hydrogens is 378 g/mol. The number of aryl methyl sites for hydroxylation is 2. The SMILES string of the molecule is CC(CO)(CCc1ccc(OCCCc2ccccc2)cc1)NC(=O)OC(C)(C)C. The number of aliphatic hydroxyl groups is 1. The zero-order chi connectivity index (χ0) is 22.0. The van der Waals surface area contributed by atoms with Gasteiger partial charge in [0.15, 0.2) is 0 Å². The summed E-state index contributed by atoms with van der Waals surface area (Å²) in [5.41, 5.74) is 1.13. The van der Waals surface area contributed by atoms with Crippen LogP contribution in [0.25, 0.3) is 0 Å². The van der Waals surface area contributed by atoms with Crippen LogP contribution < -0.4 is 10.1 Å². The van der Waals surface area contributed by atoms with Gasteiger partial charge in [0.1, 0.15) is 11.4 Å². The molecule has 1 unspecified atom stereocenters. The summed E-state index contributed by atoms with van der Waals surface area (Å²) in [6.07, 6.45) is 2.78. The van der Waals surface area contributed by atoms with Gasteiger partial charge in [-0.25, -0.2) is 4.79 Å². The summed E-state index contributed by atoms with van der Waals surface area (Å²) in [6.45, 7) is 7.78. The van der Waals surface area contributed by atoms with E-state index in [1.54, 1.807) is 0 Å². The van der Waals surface area contributed by atoms with Crippen molar-refractivity contribution in [1.29, 1.82) is 0 Å². The van der Waals surface area contributed by atoms with Crippen molar-refractivity contribution in [3.05, 3.63) is 65.7 Å². The van der Waals surface area contributed by atoms with Crippen molar-refractivity contribution < 1.29 is 19.4 Å². The number of nitrogens with one attached hydrogen (secondary N) is 1. The van der Waals surface area contributed by atoms with Crippen molar-refractivity contribution in [2.75, 3.05) is 13.2 Å². The molecule has 0 radical (unpaired) electrons. The van der Waals surface area contributed by atoms with Crippen LogP contribution in [0.4, 0.5) is 4.79 Å². The number of alkyl carbamates (subject to hydrolysis) is 1. The number of rotatable bonds is 10. The van der Waals surface area contributed by atoms with E-state index in [2.05, 4.69) is 29.6 Å². The van der Waals surface area contributed by atoms with Gasteiger partial charge in [0, 0.05) is 0 Å². The quantitative estimate of drug-likeness (QED) is 0.543. The Morgan fingerprint density at radius 2 is 1.57 bits per heavy atom. The van der Waals surface area contributed by atoms with E-state index in [1.165, 1.54) is 5.56 Å². The van der Waals surface area contributed by atoms with Crippen molar-refractivity contribution in [3.63, 3.8) is 0 Å². The number of hydrogen-bond acceptors (Lipinski definition) is 4. The minimum Gasteiger partial charge on any atom is -0.494 e. The van der Waals surface area contributed by atoms with Crippen molar-refractivity contribution in [2.45, 2.75) is 64.5 Å². The van der Waals surface area contributed by atoms with Gasteiger partial charge in [-0.3, -0.25) is 0 Å². The highest BCUT2D eigenvalue weighted by Crippen LogP contribution is 2.18. The molecule has 5 heteroatoms. The Kier molecular flexibility index (Phi) is 8.72. The van der Waals surface area contributed by atoms with Crippen molar-refractivity contribution in [3.8, 4) is 5.75 Å². The van der Waals surface area contributed by atoms with Crippen LogP contribution in [0.1, 0.15) is 51.7 Å². The molecule has 0 spiro atoms. The lowest BCUT2D eigenvalue weighted by molar-refractivity contribution is 0.0407. The van der Waals surface area contributed by atoms with Gasteiger partial charge in [-0.15, -0.1) is 0 Å². The number of ether oxygens (including phenoxy) is 2. The molecule has 2 rings (SSSR count). The second-order valence-corrected chi connectivity index (χ2v) is 8.93. The normalized spacial score (nSPS) is 13.4. The summed E-state index contributed by atoms with van der Waals surface area (Å²) < 4.78 is 11.1. The maximum absolute atomic E-state index is 12.0. The van der Waals surface area contributed by atoms with E-state index in [-0.39, 0.29) is 6.61 Å². The fourth-order valence-electron chi connectivity index (χ4n) is 3.01. The summed E-state index contributed by atoms with van der Waals surface area (Å²) in [7, 11) is 0. The Morgan fingerprint density at radius 1 is 0.933 bits per heavy atom. The maximum Gasteiger partial charge on any atom is 0.408 e. The van der Waals surface area contributed by atoms with Gasteiger partial charge in [0.2, 0.25) is 0 Å². The monoisotopic (exact) mass is 413 g/mol. The topological polar surface area (TPSA) is 67.8 Å². The van der Waals surface area contributed by atoms with Crippen LogP contribution in [0.15, 0.2) is 54.6 Å². The Morgan fingerprint density at radius 3 is 2.17 bits per heavy atom. The van der Waals surface area contributed by atoms with Gasteiger partial charge in [-0.1, -0.05) is 42.5 Å². The number of carbonyl (C=O) groups excluding carboxylic acids is 1. The van der Waals surface area contributed by atoms with Gasteiger partial charge in [0.05, 0.1) is 18.8 Å². The summed E-state index contributed by atoms with van der Waals surface area (Å²) in [5, 5.41) is 12.6. The molecule has 0 aromatic heterocycles. The maximum atomic E-state index is 12.0. The van der Waals surface area contributed by atoms with Crippen LogP contribution in [-0.4, -0.2) is 35.6 Å². The minimum absolute atomic E-state index is 0.158. The zero-order valence-electron chi connectivity index (χ0n) is 18.6. The second-order valence-electron chi connectivity index (χ2n) is 8.93. The molecule has 2 aromatic carbocycles. The van der Waals surface area contributed by atoms with Crippen LogP contribution in [0, 0.1) is 0 Å². The zero-order valence-corrected chi connectivity index (χ0v) is 18.6. The molecule has 5 nitrogen and oxygen atoms in total. The molecule has 1 atom stereocenters. The van der Waals surface area contributed by atoms with Gasteiger partial charge >= 0.3 is 6.09 Å². The highest BCUT2D eigenvalue weighted by molar-refractivity contribution is 5.68. The molecule has 0 bridgehead atoms. The third-order valence-electron chi connectivity index (χ3n) is 4.76. The van der Waals surface area contributed by atoms with Crippen molar-refractivity contribution in [2.24, 2.45) is 0 Å². The molecule has 0 fully saturated rings. The first kappa shape index (κ1) is 23.7. The minimum atomic E-state index is -0.741. The molecule has 0 heterocycles. The Hall–Kier alpha value is -2.53. The molecule has 30 heavy (non-hydrogen) atoms. The van der Waals surface area contributed by atoms with Crippen LogP contribution in [-0.2, 0) is 17.6 Å². The third-order valence-corrected chi connectivity index (χ3v) is 4.76. The molecule has 2 aromatic rings. The largest absolute Gasteiger partial charge is 0.494 e. The average Bonchev–Trinajstić information content (AvgIpc) is 2.70. The second kappa shape index (κ2) is 11.0.